The lowest BCUT2D eigenvalue weighted by Gasteiger charge is -2.08. The van der Waals surface area contributed by atoms with E-state index in [1.54, 1.807) is 55.6 Å². The minimum Gasteiger partial charge on any atom is -0.462 e. The quantitative estimate of drug-likeness (QED) is 0.731. The molecule has 0 radical (unpaired) electrons. The summed E-state index contributed by atoms with van der Waals surface area (Å²) < 4.78 is 6.19. The molecule has 0 atom stereocenters. The predicted molar refractivity (Wildman–Crippen MR) is 91.6 cm³/mol. The Morgan fingerprint density at radius 2 is 2.08 bits per heavy atom. The number of aromatic nitrogens is 2. The van der Waals surface area contributed by atoms with Gasteiger partial charge in [-0.05, 0) is 43.3 Å². The molecule has 0 aliphatic rings. The van der Waals surface area contributed by atoms with Crippen LogP contribution in [0.1, 0.15) is 17.3 Å². The number of carbonyl (C=O) groups excluding carboxylic acids is 2. The molecule has 24 heavy (non-hydrogen) atoms. The smallest absolute Gasteiger partial charge is 0.347 e. The topological polar surface area (TPSA) is 73.2 Å². The summed E-state index contributed by atoms with van der Waals surface area (Å²) in [4.78, 5) is 24.2. The molecule has 0 spiro atoms. The van der Waals surface area contributed by atoms with E-state index in [0.29, 0.717) is 21.8 Å². The largest absolute Gasteiger partial charge is 0.462 e. The summed E-state index contributed by atoms with van der Waals surface area (Å²) in [5.41, 5.74) is 1.48. The van der Waals surface area contributed by atoms with Gasteiger partial charge < -0.3 is 10.1 Å². The SMILES string of the molecule is CCOC(=O)c1cccc(NC(=O)n2ncc3cc(Cl)ccc32)c1. The number of hydrogen-bond donors (Lipinski definition) is 1. The highest BCUT2D eigenvalue weighted by Gasteiger charge is 2.12. The summed E-state index contributed by atoms with van der Waals surface area (Å²) in [6, 6.07) is 11.2. The Balaban J connectivity index is 1.84. The molecule has 1 aromatic heterocycles. The zero-order chi connectivity index (χ0) is 17.1. The first-order chi connectivity index (χ1) is 11.6. The molecule has 7 heteroatoms. The first-order valence-corrected chi connectivity index (χ1v) is 7.68. The van der Waals surface area contributed by atoms with E-state index in [1.165, 1.54) is 4.68 Å². The van der Waals surface area contributed by atoms with Gasteiger partial charge in [0, 0.05) is 16.1 Å². The van der Waals surface area contributed by atoms with Crippen LogP contribution in [0.2, 0.25) is 5.02 Å². The van der Waals surface area contributed by atoms with Crippen LogP contribution in [0.15, 0.2) is 48.7 Å². The number of amides is 1. The summed E-state index contributed by atoms with van der Waals surface area (Å²) in [6.45, 7) is 2.02. The zero-order valence-electron chi connectivity index (χ0n) is 12.8. The molecule has 1 heterocycles. The summed E-state index contributed by atoms with van der Waals surface area (Å²) in [5.74, 6) is -0.437. The van der Waals surface area contributed by atoms with Crippen LogP contribution in [0.25, 0.3) is 10.9 Å². The lowest BCUT2D eigenvalue weighted by atomic mass is 10.2. The van der Waals surface area contributed by atoms with Gasteiger partial charge in [0.15, 0.2) is 0 Å². The summed E-state index contributed by atoms with van der Waals surface area (Å²) in [7, 11) is 0. The molecule has 0 aliphatic heterocycles. The monoisotopic (exact) mass is 343 g/mol. The van der Waals surface area contributed by atoms with Crippen molar-refractivity contribution in [2.75, 3.05) is 11.9 Å². The van der Waals surface area contributed by atoms with Crippen molar-refractivity contribution in [1.82, 2.24) is 9.78 Å². The van der Waals surface area contributed by atoms with Crippen LogP contribution in [0.5, 0.6) is 0 Å². The standard InChI is InChI=1S/C17H14ClN3O3/c1-2-24-16(22)11-4-3-5-14(9-11)20-17(23)21-15-7-6-13(18)8-12(15)10-19-21/h3-10H,2H2,1H3,(H,20,23). The third-order valence-electron chi connectivity index (χ3n) is 3.35. The first kappa shape index (κ1) is 16.0. The summed E-state index contributed by atoms with van der Waals surface area (Å²) in [5, 5.41) is 8.12. The van der Waals surface area contributed by atoms with Crippen molar-refractivity contribution in [3.05, 3.63) is 59.2 Å². The van der Waals surface area contributed by atoms with Crippen molar-refractivity contribution in [2.24, 2.45) is 0 Å². The third-order valence-corrected chi connectivity index (χ3v) is 3.58. The van der Waals surface area contributed by atoms with Gasteiger partial charge in [-0.25, -0.2) is 9.59 Å². The maximum absolute atomic E-state index is 12.4. The Morgan fingerprint density at radius 3 is 2.88 bits per heavy atom. The van der Waals surface area contributed by atoms with E-state index in [2.05, 4.69) is 10.4 Å². The molecular formula is C17H14ClN3O3. The average Bonchev–Trinajstić information content (AvgIpc) is 2.98. The van der Waals surface area contributed by atoms with Gasteiger partial charge in [0.05, 0.1) is 23.9 Å². The molecule has 0 bridgehead atoms. The first-order valence-electron chi connectivity index (χ1n) is 7.30. The molecule has 0 fully saturated rings. The number of hydrogen-bond acceptors (Lipinski definition) is 4. The Kier molecular flexibility index (Phi) is 4.48. The van der Waals surface area contributed by atoms with Gasteiger partial charge >= 0.3 is 12.0 Å². The van der Waals surface area contributed by atoms with Crippen LogP contribution >= 0.6 is 11.6 Å². The fourth-order valence-electron chi connectivity index (χ4n) is 2.28. The minimum absolute atomic E-state index is 0.289. The average molecular weight is 344 g/mol. The van der Waals surface area contributed by atoms with Gasteiger partial charge in [0.2, 0.25) is 0 Å². The Morgan fingerprint density at radius 1 is 1.25 bits per heavy atom. The van der Waals surface area contributed by atoms with E-state index in [-0.39, 0.29) is 6.61 Å². The van der Waals surface area contributed by atoms with Gasteiger partial charge in [-0.15, -0.1) is 0 Å². The Hall–Kier alpha value is -2.86. The van der Waals surface area contributed by atoms with E-state index in [1.807, 2.05) is 0 Å². The number of halogens is 1. The molecule has 3 rings (SSSR count). The van der Waals surface area contributed by atoms with Crippen molar-refractivity contribution in [2.45, 2.75) is 6.92 Å². The molecule has 1 amide bonds. The lowest BCUT2D eigenvalue weighted by molar-refractivity contribution is 0.0526. The van der Waals surface area contributed by atoms with Crippen LogP contribution in [0.3, 0.4) is 0 Å². The number of ether oxygens (including phenoxy) is 1. The van der Waals surface area contributed by atoms with E-state index in [4.69, 9.17) is 16.3 Å². The molecule has 0 saturated heterocycles. The zero-order valence-corrected chi connectivity index (χ0v) is 13.6. The molecule has 0 aliphatic carbocycles. The maximum Gasteiger partial charge on any atom is 0.347 e. The number of nitrogens with one attached hydrogen (secondary N) is 1. The van der Waals surface area contributed by atoms with Crippen molar-refractivity contribution < 1.29 is 14.3 Å². The van der Waals surface area contributed by atoms with Crippen molar-refractivity contribution >= 4 is 40.2 Å². The van der Waals surface area contributed by atoms with Crippen LogP contribution in [0, 0.1) is 0 Å². The minimum atomic E-state index is -0.437. The van der Waals surface area contributed by atoms with Crippen LogP contribution in [0.4, 0.5) is 10.5 Å². The third kappa shape index (κ3) is 3.23. The molecular weight excluding hydrogens is 330 g/mol. The van der Waals surface area contributed by atoms with Gasteiger partial charge in [0.25, 0.3) is 0 Å². The summed E-state index contributed by atoms with van der Waals surface area (Å²) >= 11 is 5.93. The molecule has 3 aromatic rings. The van der Waals surface area contributed by atoms with Gasteiger partial charge in [0.1, 0.15) is 0 Å². The van der Waals surface area contributed by atoms with Crippen LogP contribution in [-0.4, -0.2) is 28.4 Å². The number of anilines is 1. The van der Waals surface area contributed by atoms with Gasteiger partial charge in [-0.2, -0.15) is 9.78 Å². The molecule has 0 saturated carbocycles. The maximum atomic E-state index is 12.4. The Bertz CT molecular complexity index is 920. The number of rotatable bonds is 3. The highest BCUT2D eigenvalue weighted by atomic mass is 35.5. The van der Waals surface area contributed by atoms with Gasteiger partial charge in [-0.1, -0.05) is 17.7 Å². The second-order valence-corrected chi connectivity index (χ2v) is 5.43. The predicted octanol–water partition coefficient (Wildman–Crippen LogP) is 3.95. The van der Waals surface area contributed by atoms with E-state index >= 15 is 0 Å². The highest BCUT2D eigenvalue weighted by Crippen LogP contribution is 2.19. The number of esters is 1. The van der Waals surface area contributed by atoms with E-state index in [9.17, 15) is 9.59 Å². The normalized spacial score (nSPS) is 10.6. The van der Waals surface area contributed by atoms with Crippen LogP contribution < -0.4 is 5.32 Å². The molecule has 6 nitrogen and oxygen atoms in total. The lowest BCUT2D eigenvalue weighted by Crippen LogP contribution is -2.20. The second-order valence-electron chi connectivity index (χ2n) is 4.99. The van der Waals surface area contributed by atoms with Crippen molar-refractivity contribution in [1.29, 1.82) is 0 Å². The second kappa shape index (κ2) is 6.72. The molecule has 2 aromatic carbocycles. The van der Waals surface area contributed by atoms with Crippen LogP contribution in [-0.2, 0) is 4.74 Å². The molecule has 122 valence electrons. The highest BCUT2D eigenvalue weighted by molar-refractivity contribution is 6.31. The number of benzene rings is 2. The number of carbonyl (C=O) groups is 2. The molecule has 1 N–H and O–H groups in total. The van der Waals surface area contributed by atoms with Gasteiger partial charge in [-0.3, -0.25) is 0 Å². The van der Waals surface area contributed by atoms with Crippen molar-refractivity contribution in [3.63, 3.8) is 0 Å². The summed E-state index contributed by atoms with van der Waals surface area (Å²) in [6.07, 6.45) is 1.57. The van der Waals surface area contributed by atoms with Crippen molar-refractivity contribution in [3.8, 4) is 0 Å². The van der Waals surface area contributed by atoms with E-state index in [0.717, 1.165) is 5.39 Å². The number of nitrogens with zero attached hydrogens (tertiary/aromatic N) is 2. The molecule has 0 unspecified atom stereocenters. The van der Waals surface area contributed by atoms with E-state index < -0.39 is 12.0 Å². The fraction of sp³-hybridized carbons (Fsp3) is 0.118. The fourth-order valence-corrected chi connectivity index (χ4v) is 2.46. The number of fused-ring (bicyclic) bond motifs is 1. The Labute approximate surface area is 143 Å².